The van der Waals surface area contributed by atoms with Crippen molar-refractivity contribution in [1.29, 1.82) is 0 Å². The van der Waals surface area contributed by atoms with Crippen LogP contribution in [0.1, 0.15) is 48.5 Å². The minimum Gasteiger partial charge on any atom is -0.275 e. The second-order valence-corrected chi connectivity index (χ2v) is 7.54. The molecular formula is C16H28N2. The predicted molar refractivity (Wildman–Crippen MR) is 78.5 cm³/mol. The lowest BCUT2D eigenvalue weighted by atomic mass is 9.96. The van der Waals surface area contributed by atoms with Crippen molar-refractivity contribution in [3.05, 3.63) is 24.3 Å². The Balaban J connectivity index is 2.42. The Hall–Kier alpha value is -0.600. The molecule has 2 rings (SSSR count). The van der Waals surface area contributed by atoms with Gasteiger partial charge in [-0.05, 0) is 48.5 Å². The standard InChI is InChI=1S/C16H28N2/c1-12-17(15(2,3)4)13-10-8-9-11-14(13)18(12)16(5,6)7/h8-14H,1-7H3. The van der Waals surface area contributed by atoms with Crippen molar-refractivity contribution in [2.75, 3.05) is 0 Å². The van der Waals surface area contributed by atoms with Gasteiger partial charge in [0.05, 0.1) is 6.17 Å². The molecule has 1 aliphatic carbocycles. The second-order valence-electron chi connectivity index (χ2n) is 7.54. The first kappa shape index (κ1) is 13.8. The van der Waals surface area contributed by atoms with Crippen molar-refractivity contribution in [3.63, 3.8) is 0 Å². The van der Waals surface area contributed by atoms with Gasteiger partial charge in [-0.25, -0.2) is 0 Å². The van der Waals surface area contributed by atoms with Crippen LogP contribution in [0.3, 0.4) is 0 Å². The topological polar surface area (TPSA) is 6.48 Å². The molecular weight excluding hydrogens is 220 g/mol. The smallest absolute Gasteiger partial charge is 0.0614 e. The zero-order chi connectivity index (χ0) is 13.7. The third kappa shape index (κ3) is 2.17. The highest BCUT2D eigenvalue weighted by atomic mass is 15.5. The molecule has 102 valence electrons. The summed E-state index contributed by atoms with van der Waals surface area (Å²) in [4.78, 5) is 5.28. The number of allylic oxidation sites excluding steroid dienone is 2. The van der Waals surface area contributed by atoms with Gasteiger partial charge in [-0.1, -0.05) is 24.3 Å². The Morgan fingerprint density at radius 3 is 1.33 bits per heavy atom. The van der Waals surface area contributed by atoms with Crippen LogP contribution in [0.15, 0.2) is 24.3 Å². The molecule has 2 nitrogen and oxygen atoms in total. The molecule has 1 fully saturated rings. The predicted octanol–water partition coefficient (Wildman–Crippen LogP) is 3.41. The molecule has 0 N–H and O–H groups in total. The van der Waals surface area contributed by atoms with Crippen LogP contribution in [-0.4, -0.2) is 39.1 Å². The molecule has 2 heteroatoms. The molecule has 0 bridgehead atoms. The van der Waals surface area contributed by atoms with E-state index < -0.39 is 0 Å². The van der Waals surface area contributed by atoms with Gasteiger partial charge < -0.3 is 0 Å². The minimum absolute atomic E-state index is 0.192. The maximum atomic E-state index is 2.64. The zero-order valence-electron chi connectivity index (χ0n) is 12.9. The molecule has 2 aliphatic rings. The van der Waals surface area contributed by atoms with Crippen LogP contribution in [0.4, 0.5) is 0 Å². The van der Waals surface area contributed by atoms with E-state index in [9.17, 15) is 0 Å². The fourth-order valence-corrected chi connectivity index (χ4v) is 3.75. The molecule has 0 radical (unpaired) electrons. The van der Waals surface area contributed by atoms with Gasteiger partial charge in [-0.3, -0.25) is 9.80 Å². The third-order valence-electron chi connectivity index (χ3n) is 4.07. The lowest BCUT2D eigenvalue weighted by Crippen LogP contribution is -2.52. The van der Waals surface area contributed by atoms with Gasteiger partial charge in [0, 0.05) is 23.2 Å². The van der Waals surface area contributed by atoms with Crippen LogP contribution in [0.2, 0.25) is 0 Å². The van der Waals surface area contributed by atoms with Gasteiger partial charge in [-0.2, -0.15) is 0 Å². The first-order chi connectivity index (χ1) is 8.14. The Morgan fingerprint density at radius 2 is 1.06 bits per heavy atom. The molecule has 0 aromatic heterocycles. The second kappa shape index (κ2) is 4.21. The third-order valence-corrected chi connectivity index (χ3v) is 4.07. The maximum Gasteiger partial charge on any atom is 0.0614 e. The Bertz CT molecular complexity index is 332. The molecule has 1 heterocycles. The fourth-order valence-electron chi connectivity index (χ4n) is 3.75. The largest absolute Gasteiger partial charge is 0.275 e. The van der Waals surface area contributed by atoms with E-state index >= 15 is 0 Å². The van der Waals surface area contributed by atoms with Crippen LogP contribution >= 0.6 is 0 Å². The van der Waals surface area contributed by atoms with Gasteiger partial charge in [0.25, 0.3) is 0 Å². The van der Waals surface area contributed by atoms with Crippen molar-refractivity contribution in [1.82, 2.24) is 9.80 Å². The van der Waals surface area contributed by atoms with Gasteiger partial charge in [0.2, 0.25) is 0 Å². The highest BCUT2D eigenvalue weighted by Gasteiger charge is 2.50. The lowest BCUT2D eigenvalue weighted by molar-refractivity contribution is 0.0191. The summed E-state index contributed by atoms with van der Waals surface area (Å²) in [6.07, 6.45) is 9.57. The summed E-state index contributed by atoms with van der Waals surface area (Å²) in [5.41, 5.74) is 0.385. The van der Waals surface area contributed by atoms with E-state index in [0.717, 1.165) is 0 Å². The van der Waals surface area contributed by atoms with Crippen LogP contribution in [0.25, 0.3) is 0 Å². The summed E-state index contributed by atoms with van der Waals surface area (Å²) >= 11 is 0. The lowest BCUT2D eigenvalue weighted by Gasteiger charge is -2.42. The van der Waals surface area contributed by atoms with Crippen molar-refractivity contribution >= 4 is 0 Å². The van der Waals surface area contributed by atoms with Crippen LogP contribution in [0, 0.1) is 0 Å². The monoisotopic (exact) mass is 248 g/mol. The summed E-state index contributed by atoms with van der Waals surface area (Å²) in [6, 6.07) is 1.01. The fraction of sp³-hybridized carbons (Fsp3) is 0.750. The molecule has 18 heavy (non-hydrogen) atoms. The van der Waals surface area contributed by atoms with Crippen LogP contribution < -0.4 is 0 Å². The Morgan fingerprint density at radius 1 is 0.722 bits per heavy atom. The summed E-state index contributed by atoms with van der Waals surface area (Å²) in [5, 5.41) is 0. The van der Waals surface area contributed by atoms with E-state index in [0.29, 0.717) is 18.2 Å². The first-order valence-electron chi connectivity index (χ1n) is 7.06. The zero-order valence-corrected chi connectivity index (χ0v) is 12.9. The molecule has 0 saturated carbocycles. The van der Waals surface area contributed by atoms with Crippen LogP contribution in [-0.2, 0) is 0 Å². The van der Waals surface area contributed by atoms with Gasteiger partial charge >= 0.3 is 0 Å². The first-order valence-corrected chi connectivity index (χ1v) is 7.06. The number of hydrogen-bond acceptors (Lipinski definition) is 2. The van der Waals surface area contributed by atoms with Crippen molar-refractivity contribution in [3.8, 4) is 0 Å². The normalized spacial score (nSPS) is 34.1. The van der Waals surface area contributed by atoms with Gasteiger partial charge in [0.1, 0.15) is 0 Å². The average Bonchev–Trinajstić information content (AvgIpc) is 2.47. The summed E-state index contributed by atoms with van der Waals surface area (Å²) in [7, 11) is 0. The number of rotatable bonds is 0. The summed E-state index contributed by atoms with van der Waals surface area (Å²) in [5.74, 6) is 0. The van der Waals surface area contributed by atoms with E-state index in [4.69, 9.17) is 0 Å². The molecule has 2 atom stereocenters. The Labute approximate surface area is 112 Å². The maximum absolute atomic E-state index is 2.64. The molecule has 1 aliphatic heterocycles. The van der Waals surface area contributed by atoms with E-state index in [2.05, 4.69) is 82.6 Å². The van der Waals surface area contributed by atoms with Crippen molar-refractivity contribution in [2.24, 2.45) is 0 Å². The number of hydrogen-bond donors (Lipinski definition) is 0. The van der Waals surface area contributed by atoms with Gasteiger partial charge in [-0.15, -0.1) is 0 Å². The molecule has 2 unspecified atom stereocenters. The minimum atomic E-state index is 0.192. The Kier molecular flexibility index (Phi) is 3.23. The summed E-state index contributed by atoms with van der Waals surface area (Å²) < 4.78 is 0. The van der Waals surface area contributed by atoms with Crippen molar-refractivity contribution in [2.45, 2.75) is 77.8 Å². The summed E-state index contributed by atoms with van der Waals surface area (Å²) in [6.45, 7) is 16.3. The SMILES string of the molecule is CC1N(C(C)(C)C)C2C=CC=CC2N1C(C)(C)C. The van der Waals surface area contributed by atoms with E-state index in [-0.39, 0.29) is 11.1 Å². The van der Waals surface area contributed by atoms with E-state index in [1.54, 1.807) is 0 Å². The molecule has 1 saturated heterocycles. The average molecular weight is 248 g/mol. The molecule has 0 aromatic carbocycles. The number of nitrogens with zero attached hydrogens (tertiary/aromatic N) is 2. The van der Waals surface area contributed by atoms with Crippen molar-refractivity contribution < 1.29 is 0 Å². The highest BCUT2D eigenvalue weighted by molar-refractivity contribution is 5.26. The number of fused-ring (bicyclic) bond motifs is 1. The van der Waals surface area contributed by atoms with Crippen LogP contribution in [0.5, 0.6) is 0 Å². The van der Waals surface area contributed by atoms with E-state index in [1.807, 2.05) is 0 Å². The van der Waals surface area contributed by atoms with Gasteiger partial charge in [0.15, 0.2) is 0 Å². The molecule has 0 spiro atoms. The molecule has 0 aromatic rings. The molecule has 0 amide bonds. The van der Waals surface area contributed by atoms with E-state index in [1.165, 1.54) is 0 Å². The highest BCUT2D eigenvalue weighted by Crippen LogP contribution is 2.39. The quantitative estimate of drug-likeness (QED) is 0.648.